The topological polar surface area (TPSA) is 105 Å². The van der Waals surface area contributed by atoms with E-state index in [1.165, 1.54) is 148 Å². The lowest BCUT2D eigenvalue weighted by Gasteiger charge is -2.25. The van der Waals surface area contributed by atoms with Crippen LogP contribution in [-0.2, 0) is 18.4 Å². The van der Waals surface area contributed by atoms with Crippen LogP contribution in [0.4, 0.5) is 0 Å². The number of aliphatic hydroxyl groups excluding tert-OH is 1. The molecule has 0 fully saturated rings. The van der Waals surface area contributed by atoms with Crippen molar-refractivity contribution in [1.29, 1.82) is 0 Å². The number of hydrogen-bond donors (Lipinski definition) is 3. The van der Waals surface area contributed by atoms with E-state index in [0.717, 1.165) is 38.5 Å². The van der Waals surface area contributed by atoms with E-state index in [9.17, 15) is 19.4 Å². The fourth-order valence-corrected chi connectivity index (χ4v) is 7.19. The van der Waals surface area contributed by atoms with Crippen LogP contribution in [0, 0.1) is 0 Å². The van der Waals surface area contributed by atoms with Crippen molar-refractivity contribution < 1.29 is 32.9 Å². The summed E-state index contributed by atoms with van der Waals surface area (Å²) in [5.41, 5.74) is 0. The lowest BCUT2D eigenvalue weighted by atomic mass is 10.0. The first kappa shape index (κ1) is 51.2. The Morgan fingerprint density at radius 1 is 0.635 bits per heavy atom. The highest BCUT2D eigenvalue weighted by molar-refractivity contribution is 7.47. The van der Waals surface area contributed by atoms with Gasteiger partial charge in [0.25, 0.3) is 0 Å². The second-order valence-electron chi connectivity index (χ2n) is 16.4. The van der Waals surface area contributed by atoms with Gasteiger partial charge in [0.1, 0.15) is 13.2 Å². The largest absolute Gasteiger partial charge is 0.472 e. The van der Waals surface area contributed by atoms with E-state index in [4.69, 9.17) is 9.05 Å². The molecule has 9 heteroatoms. The van der Waals surface area contributed by atoms with Gasteiger partial charge in [-0.2, -0.15) is 0 Å². The zero-order valence-electron chi connectivity index (χ0n) is 35.1. The van der Waals surface area contributed by atoms with Gasteiger partial charge in [-0.1, -0.05) is 193 Å². The van der Waals surface area contributed by atoms with Crippen LogP contribution < -0.4 is 5.32 Å². The van der Waals surface area contributed by atoms with Crippen molar-refractivity contribution in [1.82, 2.24) is 5.32 Å². The summed E-state index contributed by atoms with van der Waals surface area (Å²) in [6.45, 7) is 4.82. The highest BCUT2D eigenvalue weighted by atomic mass is 31.2. The van der Waals surface area contributed by atoms with Crippen LogP contribution in [0.15, 0.2) is 12.2 Å². The van der Waals surface area contributed by atoms with E-state index in [1.807, 2.05) is 27.2 Å². The van der Waals surface area contributed by atoms with Gasteiger partial charge >= 0.3 is 7.82 Å². The third-order valence-electron chi connectivity index (χ3n) is 10.0. The van der Waals surface area contributed by atoms with Gasteiger partial charge in [0.2, 0.25) is 5.91 Å². The second-order valence-corrected chi connectivity index (χ2v) is 17.9. The molecule has 52 heavy (non-hydrogen) atoms. The Kier molecular flexibility index (Phi) is 35.4. The van der Waals surface area contributed by atoms with Crippen LogP contribution in [0.25, 0.3) is 0 Å². The number of carbonyl (C=O) groups excluding carboxylic acids is 1. The molecule has 1 unspecified atom stereocenters. The summed E-state index contributed by atoms with van der Waals surface area (Å²) >= 11 is 0. The minimum absolute atomic E-state index is 0.0646. The summed E-state index contributed by atoms with van der Waals surface area (Å²) in [6.07, 6.45) is 39.8. The molecule has 1 amide bonds. The molecule has 0 aromatic rings. The van der Waals surface area contributed by atoms with Gasteiger partial charge in [-0.25, -0.2) is 4.57 Å². The smallest absolute Gasteiger partial charge is 0.387 e. The Balaban J connectivity index is 4.42. The number of rotatable bonds is 40. The number of unbranched alkanes of at least 4 members (excludes halogenated alkanes) is 27. The maximum atomic E-state index is 12.8. The van der Waals surface area contributed by atoms with Crippen molar-refractivity contribution in [3.05, 3.63) is 12.2 Å². The van der Waals surface area contributed by atoms with Gasteiger partial charge in [-0.05, 0) is 19.3 Å². The fraction of sp³-hybridized carbons (Fsp3) is 0.930. The van der Waals surface area contributed by atoms with E-state index >= 15 is 0 Å². The molecule has 0 aromatic carbocycles. The Morgan fingerprint density at radius 3 is 1.42 bits per heavy atom. The van der Waals surface area contributed by atoms with Crippen LogP contribution in [0.5, 0.6) is 0 Å². The molecule has 0 radical (unpaired) electrons. The quantitative estimate of drug-likeness (QED) is 0.0249. The Labute approximate surface area is 322 Å². The summed E-state index contributed by atoms with van der Waals surface area (Å²) in [5.74, 6) is -0.175. The number of quaternary nitrogens is 1. The number of allylic oxidation sites excluding steroid dienone is 1. The Morgan fingerprint density at radius 2 is 1.02 bits per heavy atom. The van der Waals surface area contributed by atoms with Crippen molar-refractivity contribution in [2.24, 2.45) is 0 Å². The summed E-state index contributed by atoms with van der Waals surface area (Å²) in [5, 5.41) is 13.8. The lowest BCUT2D eigenvalue weighted by molar-refractivity contribution is -0.870. The number of amides is 1. The van der Waals surface area contributed by atoms with Crippen LogP contribution in [0.1, 0.15) is 206 Å². The van der Waals surface area contributed by atoms with Crippen LogP contribution in [-0.4, -0.2) is 73.4 Å². The first-order valence-electron chi connectivity index (χ1n) is 22.1. The molecule has 0 aromatic heterocycles. The SMILES string of the molecule is CCCCCCCCCCCCCCC/C=C/[C@@H](O)[C@H](COP(=O)(O)OCC[N+](C)(C)C)NC(=O)CCCCCCCCCCCCCCCCC. The lowest BCUT2D eigenvalue weighted by Crippen LogP contribution is -2.45. The molecule has 310 valence electrons. The van der Waals surface area contributed by atoms with E-state index in [0.29, 0.717) is 17.4 Å². The maximum Gasteiger partial charge on any atom is 0.472 e. The van der Waals surface area contributed by atoms with Gasteiger partial charge in [0.15, 0.2) is 0 Å². The molecule has 0 aliphatic carbocycles. The Bertz CT molecular complexity index is 865. The number of phosphoric acid groups is 1. The molecule has 0 rings (SSSR count). The first-order valence-corrected chi connectivity index (χ1v) is 23.6. The summed E-state index contributed by atoms with van der Waals surface area (Å²) in [7, 11) is 1.58. The molecule has 3 N–H and O–H groups in total. The fourth-order valence-electron chi connectivity index (χ4n) is 6.45. The molecule has 8 nitrogen and oxygen atoms in total. The number of hydrogen-bond acceptors (Lipinski definition) is 5. The van der Waals surface area contributed by atoms with E-state index in [-0.39, 0.29) is 19.1 Å². The second kappa shape index (κ2) is 35.9. The Hall–Kier alpha value is -0.760. The molecule has 0 spiro atoms. The number of nitrogens with zero attached hydrogens (tertiary/aromatic N) is 1. The molecule has 0 aliphatic heterocycles. The normalized spacial score (nSPS) is 14.5. The molecule has 0 saturated heterocycles. The van der Waals surface area contributed by atoms with Crippen molar-refractivity contribution in [2.75, 3.05) is 40.9 Å². The maximum absolute atomic E-state index is 12.8. The van der Waals surface area contributed by atoms with Crippen molar-refractivity contribution in [2.45, 2.75) is 219 Å². The van der Waals surface area contributed by atoms with Gasteiger partial charge in [0.05, 0.1) is 39.9 Å². The third-order valence-corrected chi connectivity index (χ3v) is 11.0. The molecule has 3 atom stereocenters. The minimum atomic E-state index is -4.33. The van der Waals surface area contributed by atoms with Crippen molar-refractivity contribution in [3.8, 4) is 0 Å². The van der Waals surface area contributed by atoms with E-state index in [1.54, 1.807) is 6.08 Å². The zero-order chi connectivity index (χ0) is 38.6. The number of carbonyl (C=O) groups is 1. The average molecular weight is 760 g/mol. The van der Waals surface area contributed by atoms with Crippen LogP contribution in [0.2, 0.25) is 0 Å². The predicted molar refractivity (Wildman–Crippen MR) is 222 cm³/mol. The van der Waals surface area contributed by atoms with E-state index < -0.39 is 20.0 Å². The minimum Gasteiger partial charge on any atom is -0.387 e. The number of likely N-dealkylation sites (N-methyl/N-ethyl adjacent to an activating group) is 1. The first-order chi connectivity index (χ1) is 25.0. The monoisotopic (exact) mass is 760 g/mol. The van der Waals surface area contributed by atoms with Crippen molar-refractivity contribution >= 4 is 13.7 Å². The average Bonchev–Trinajstić information content (AvgIpc) is 3.09. The molecule has 0 aliphatic rings. The number of aliphatic hydroxyl groups is 1. The van der Waals surface area contributed by atoms with E-state index in [2.05, 4.69) is 19.2 Å². The highest BCUT2D eigenvalue weighted by Gasteiger charge is 2.27. The number of phosphoric ester groups is 1. The summed E-state index contributed by atoms with van der Waals surface area (Å²) in [6, 6.07) is -0.839. The van der Waals surface area contributed by atoms with Gasteiger partial charge in [0, 0.05) is 6.42 Å². The molecule has 0 heterocycles. The van der Waals surface area contributed by atoms with Gasteiger partial charge < -0.3 is 19.8 Å². The standard InChI is InChI=1S/C43H87N2O6P/c1-6-8-10-12-14-16-18-20-22-24-26-28-30-32-34-36-42(46)41(40-51-52(48,49)50-39-38-45(3,4)5)44-43(47)37-35-33-31-29-27-25-23-21-19-17-15-13-11-9-7-2/h34,36,41-42,46H,6-33,35,37-40H2,1-5H3,(H-,44,47,48,49)/p+1/b36-34+/t41-,42+/m0/s1. The van der Waals surface area contributed by atoms with Crippen LogP contribution >= 0.6 is 7.82 Å². The molecule has 0 saturated carbocycles. The van der Waals surface area contributed by atoms with Gasteiger partial charge in [-0.3, -0.25) is 13.8 Å². The summed E-state index contributed by atoms with van der Waals surface area (Å²) in [4.78, 5) is 23.1. The highest BCUT2D eigenvalue weighted by Crippen LogP contribution is 2.43. The summed E-state index contributed by atoms with van der Waals surface area (Å²) < 4.78 is 23.5. The third kappa shape index (κ3) is 37.6. The molecule has 0 bridgehead atoms. The molecular weight excluding hydrogens is 671 g/mol. The van der Waals surface area contributed by atoms with Crippen molar-refractivity contribution in [3.63, 3.8) is 0 Å². The predicted octanol–water partition coefficient (Wildman–Crippen LogP) is 12.0. The van der Waals surface area contributed by atoms with Crippen LogP contribution in [0.3, 0.4) is 0 Å². The molecular formula is C43H88N2O6P+. The van der Waals surface area contributed by atoms with Gasteiger partial charge in [-0.15, -0.1) is 0 Å². The number of nitrogens with one attached hydrogen (secondary N) is 1. The zero-order valence-corrected chi connectivity index (χ0v) is 36.0.